The van der Waals surface area contributed by atoms with Crippen LogP contribution in [-0.4, -0.2) is 14.6 Å². The van der Waals surface area contributed by atoms with Crippen molar-refractivity contribution in [2.75, 3.05) is 0 Å². The van der Waals surface area contributed by atoms with Gasteiger partial charge in [0.15, 0.2) is 0 Å². The van der Waals surface area contributed by atoms with Crippen LogP contribution in [0.5, 0.6) is 5.75 Å². The Kier molecular flexibility index (Phi) is 20.2. The van der Waals surface area contributed by atoms with Crippen molar-refractivity contribution in [3.63, 3.8) is 0 Å². The Hall–Kier alpha value is -0.569. The van der Waals surface area contributed by atoms with E-state index in [1.54, 1.807) is 0 Å². The van der Waals surface area contributed by atoms with Gasteiger partial charge in [-0.2, -0.15) is 6.08 Å². The van der Waals surface area contributed by atoms with E-state index >= 15 is 0 Å². The van der Waals surface area contributed by atoms with Crippen LogP contribution < -0.4 is 0 Å². The molecule has 1 aliphatic rings. The first kappa shape index (κ1) is 31.6. The zero-order valence-corrected chi connectivity index (χ0v) is 23.5. The number of allylic oxidation sites excluding steroid dienone is 4. The van der Waals surface area contributed by atoms with Gasteiger partial charge < -0.3 is 5.11 Å². The van der Waals surface area contributed by atoms with Crippen molar-refractivity contribution in [3.8, 4) is 5.75 Å². The van der Waals surface area contributed by atoms with Crippen LogP contribution in [0.25, 0.3) is 0 Å². The van der Waals surface area contributed by atoms with E-state index in [9.17, 15) is 5.11 Å². The number of benzene rings is 1. The van der Waals surface area contributed by atoms with Crippen LogP contribution in [0.4, 0.5) is 0 Å². The van der Waals surface area contributed by atoms with Gasteiger partial charge in [0.05, 0.1) is 0 Å². The number of phenols is 1. The summed E-state index contributed by atoms with van der Waals surface area (Å²) in [6.07, 6.45) is 18.4. The normalized spacial score (nSPS) is 12.2. The molecule has 0 aromatic heterocycles. The van der Waals surface area contributed by atoms with E-state index in [4.69, 9.17) is 0 Å². The fourth-order valence-electron chi connectivity index (χ4n) is 3.11. The first-order valence-electron chi connectivity index (χ1n) is 11.6. The summed E-state index contributed by atoms with van der Waals surface area (Å²) in [5.74, 6) is 0.436. The molecule has 1 aliphatic carbocycles. The van der Waals surface area contributed by atoms with E-state index in [-0.39, 0.29) is 21.7 Å². The van der Waals surface area contributed by atoms with Crippen LogP contribution in [0, 0.1) is 11.5 Å². The maximum atomic E-state index is 9.71. The van der Waals surface area contributed by atoms with Gasteiger partial charge in [-0.1, -0.05) is 79.5 Å². The second-order valence-electron chi connectivity index (χ2n) is 8.95. The molecule has 0 saturated carbocycles. The Morgan fingerprint density at radius 3 is 1.67 bits per heavy atom. The molecule has 0 fully saturated rings. The number of rotatable bonds is 8. The summed E-state index contributed by atoms with van der Waals surface area (Å²) < 4.78 is 0. The van der Waals surface area contributed by atoms with Gasteiger partial charge in [0.1, 0.15) is 5.75 Å². The van der Waals surface area contributed by atoms with Crippen LogP contribution in [0.2, 0.25) is 13.1 Å². The van der Waals surface area contributed by atoms with E-state index < -0.39 is 0 Å². The third kappa shape index (κ3) is 16.2. The van der Waals surface area contributed by atoms with Crippen molar-refractivity contribution in [3.05, 3.63) is 53.1 Å². The molecule has 0 saturated heterocycles. The van der Waals surface area contributed by atoms with Gasteiger partial charge in [-0.05, 0) is 54.4 Å². The van der Waals surface area contributed by atoms with Crippen molar-refractivity contribution in [2.24, 2.45) is 5.41 Å². The minimum Gasteiger partial charge on any atom is -0.508 e. The monoisotopic (exact) mass is 462 g/mol. The van der Waals surface area contributed by atoms with E-state index in [0.29, 0.717) is 11.2 Å². The van der Waals surface area contributed by atoms with Gasteiger partial charge >= 0.3 is 0 Å². The van der Waals surface area contributed by atoms with Crippen LogP contribution in [0.1, 0.15) is 90.7 Å². The number of hydrogen-bond acceptors (Lipinski definition) is 1. The molecule has 0 heterocycles. The SMILES string of the molecule is CC(C)(C)C1=[C-]CC=C1.CCCCCc1cc(O)cc(CCCCC)c1.C[SiH]C.[Ti]. The maximum absolute atomic E-state index is 9.71. The summed E-state index contributed by atoms with van der Waals surface area (Å²) in [7, 11) is 0.750. The molecule has 0 spiro atoms. The average molecular weight is 463 g/mol. The number of aryl methyl sites for hydroxylation is 2. The number of unbranched alkanes of at least 4 members (excludes halogenated alkanes) is 4. The summed E-state index contributed by atoms with van der Waals surface area (Å²) in [4.78, 5) is 0. The standard InChI is InChI=1S/C16H26O.C9H13.C2H7Si.Ti/c1-3-5-7-9-14-11-15(10-8-6-4-2)13-16(17)12-14;1-9(2,3)8-6-4-5-7-8;1-3-2;/h11-13,17H,3-10H2,1-2H3;4,6H,5H2,1-3H3;3H,1-2H3;/q;-1;;. The van der Waals surface area contributed by atoms with Crippen LogP contribution >= 0.6 is 0 Å². The predicted octanol–water partition coefficient (Wildman–Crippen LogP) is 8.10. The molecule has 2 rings (SSSR count). The van der Waals surface area contributed by atoms with Crippen LogP contribution in [-0.2, 0) is 34.6 Å². The Morgan fingerprint density at radius 2 is 1.37 bits per heavy atom. The van der Waals surface area contributed by atoms with Crippen molar-refractivity contribution >= 4 is 9.52 Å². The Labute approximate surface area is 205 Å². The van der Waals surface area contributed by atoms with Gasteiger partial charge in [-0.25, -0.2) is 11.6 Å². The third-order valence-corrected chi connectivity index (χ3v) is 4.68. The van der Waals surface area contributed by atoms with Gasteiger partial charge in [0, 0.05) is 31.2 Å². The average Bonchev–Trinajstić information content (AvgIpc) is 3.18. The third-order valence-electron chi connectivity index (χ3n) is 4.68. The second-order valence-corrected chi connectivity index (χ2v) is 10.1. The number of phenolic OH excluding ortho intramolecular Hbond substituents is 1. The zero-order chi connectivity index (χ0) is 22.1. The van der Waals surface area contributed by atoms with Crippen molar-refractivity contribution in [1.82, 2.24) is 0 Å². The molecule has 0 atom stereocenters. The molecule has 1 aromatic rings. The molecule has 0 amide bonds. The first-order chi connectivity index (χ1) is 13.8. The Bertz CT molecular complexity index is 571. The predicted molar refractivity (Wildman–Crippen MR) is 133 cm³/mol. The van der Waals surface area contributed by atoms with E-state index in [1.165, 1.54) is 55.2 Å². The second kappa shape index (κ2) is 19.1. The van der Waals surface area contributed by atoms with Gasteiger partial charge in [-0.15, -0.1) is 6.42 Å². The molecule has 1 nitrogen and oxygen atoms in total. The molecule has 3 heteroatoms. The summed E-state index contributed by atoms with van der Waals surface area (Å²) in [6.45, 7) is 15.5. The van der Waals surface area contributed by atoms with Gasteiger partial charge in [0.2, 0.25) is 0 Å². The van der Waals surface area contributed by atoms with Crippen molar-refractivity contribution < 1.29 is 26.8 Å². The summed E-state index contributed by atoms with van der Waals surface area (Å²) in [6, 6.07) is 6.10. The van der Waals surface area contributed by atoms with Crippen LogP contribution in [0.15, 0.2) is 35.9 Å². The molecule has 0 unspecified atom stereocenters. The zero-order valence-electron chi connectivity index (χ0n) is 20.8. The van der Waals surface area contributed by atoms with Gasteiger partial charge in [-0.3, -0.25) is 6.08 Å². The molecule has 1 aromatic carbocycles. The summed E-state index contributed by atoms with van der Waals surface area (Å²) in [5, 5.41) is 9.71. The van der Waals surface area contributed by atoms with Crippen molar-refractivity contribution in [1.29, 1.82) is 0 Å². The molecule has 0 aliphatic heterocycles. The topological polar surface area (TPSA) is 20.2 Å². The Morgan fingerprint density at radius 1 is 0.900 bits per heavy atom. The summed E-state index contributed by atoms with van der Waals surface area (Å²) in [5.41, 5.74) is 4.24. The van der Waals surface area contributed by atoms with E-state index in [0.717, 1.165) is 28.8 Å². The minimum absolute atomic E-state index is 0. The fourth-order valence-corrected chi connectivity index (χ4v) is 3.11. The summed E-state index contributed by atoms with van der Waals surface area (Å²) >= 11 is 0. The van der Waals surface area contributed by atoms with E-state index in [1.807, 2.05) is 12.1 Å². The smallest absolute Gasteiger partial charge is 0.116 e. The Balaban J connectivity index is 0. The van der Waals surface area contributed by atoms with Crippen molar-refractivity contribution in [2.45, 2.75) is 106 Å². The van der Waals surface area contributed by atoms with E-state index in [2.05, 4.69) is 72.0 Å². The molecule has 1 N–H and O–H groups in total. The number of aromatic hydroxyl groups is 1. The quantitative estimate of drug-likeness (QED) is 0.235. The van der Waals surface area contributed by atoms with Crippen LogP contribution in [0.3, 0.4) is 0 Å². The molecule has 0 bridgehead atoms. The molecular formula is C27H46OSiTi-. The minimum atomic E-state index is 0. The molecule has 1 radical (unpaired) electrons. The first-order valence-corrected chi connectivity index (χ1v) is 13.9. The largest absolute Gasteiger partial charge is 0.508 e. The fraction of sp³-hybridized carbons (Fsp3) is 0.630. The van der Waals surface area contributed by atoms with Gasteiger partial charge in [0.25, 0.3) is 0 Å². The molecule has 169 valence electrons. The number of hydrogen-bond donors (Lipinski definition) is 1. The molecular weight excluding hydrogens is 416 g/mol. The maximum Gasteiger partial charge on any atom is 0.116 e. The molecule has 30 heavy (non-hydrogen) atoms.